The van der Waals surface area contributed by atoms with Gasteiger partial charge >= 0.3 is 5.69 Å². The van der Waals surface area contributed by atoms with E-state index in [4.69, 9.17) is 4.74 Å². The minimum Gasteiger partial charge on any atom is -0.493 e. The third kappa shape index (κ3) is 4.09. The lowest BCUT2D eigenvalue weighted by molar-refractivity contribution is -0.0291. The molecule has 11 heteroatoms. The molecule has 2 aliphatic heterocycles. The Labute approximate surface area is 228 Å². The second-order valence-electron chi connectivity index (χ2n) is 12.2. The second-order valence-corrected chi connectivity index (χ2v) is 14.4. The molecule has 0 amide bonds. The maximum atomic E-state index is 13.3. The number of ether oxygens (including phenoxy) is 1. The minimum absolute atomic E-state index is 0.0489. The van der Waals surface area contributed by atoms with Crippen LogP contribution in [0.25, 0.3) is 27.8 Å². The summed E-state index contributed by atoms with van der Waals surface area (Å²) in [7, 11) is -0.657. The number of hydrogen-bond acceptors (Lipinski definition) is 7. The first-order valence-corrected chi connectivity index (χ1v) is 15.7. The normalized spacial score (nSPS) is 25.2. The van der Waals surface area contributed by atoms with Crippen LogP contribution in [0.5, 0.6) is 5.75 Å². The highest BCUT2D eigenvalue weighted by molar-refractivity contribution is 8.25. The Hall–Kier alpha value is -2.86. The number of aromatic nitrogens is 5. The first-order valence-electron chi connectivity index (χ1n) is 13.8. The first kappa shape index (κ1) is 25.1. The highest BCUT2D eigenvalue weighted by Gasteiger charge is 2.56. The SMILES string of the molecule is COc1cc(-c2cc3[nH]c(=O)n(C4CCC(N5CC6(C5)CS(O)(O)C6)CC4)c3cc2C(C)C)cn2ncnc12. The number of hydrogen-bond donors (Lipinski definition) is 3. The molecule has 4 aromatic rings. The number of rotatable bonds is 5. The summed E-state index contributed by atoms with van der Waals surface area (Å²) in [4.78, 5) is 23.2. The Morgan fingerprint density at radius 3 is 2.49 bits per heavy atom. The maximum absolute atomic E-state index is 13.3. The van der Waals surface area contributed by atoms with Gasteiger partial charge in [-0.15, -0.1) is 0 Å². The van der Waals surface area contributed by atoms with Gasteiger partial charge in [0.15, 0.2) is 11.4 Å². The fraction of sp³-hybridized carbons (Fsp3) is 0.536. The third-order valence-electron chi connectivity index (χ3n) is 9.08. The van der Waals surface area contributed by atoms with Gasteiger partial charge in [-0.3, -0.25) is 18.6 Å². The molecule has 0 atom stereocenters. The van der Waals surface area contributed by atoms with Crippen LogP contribution >= 0.6 is 10.6 Å². The van der Waals surface area contributed by atoms with E-state index in [1.165, 1.54) is 11.9 Å². The summed E-state index contributed by atoms with van der Waals surface area (Å²) in [6.45, 7) is 6.32. The zero-order valence-electron chi connectivity index (χ0n) is 22.6. The van der Waals surface area contributed by atoms with E-state index < -0.39 is 10.6 Å². The van der Waals surface area contributed by atoms with Gasteiger partial charge in [-0.25, -0.2) is 14.3 Å². The summed E-state index contributed by atoms with van der Waals surface area (Å²) < 4.78 is 29.0. The molecule has 2 saturated heterocycles. The van der Waals surface area contributed by atoms with E-state index in [9.17, 15) is 13.9 Å². The highest BCUT2D eigenvalue weighted by atomic mass is 32.3. The first-order chi connectivity index (χ1) is 18.7. The standard InChI is InChI=1S/C28H36N6O4S/c1-17(2)21-10-24-23(9-22(21)18-8-25(38-3)26-29-16-30-33(26)11-18)31-27(35)34(24)20-6-4-19(5-7-20)32-12-28(13-32)14-39(36,37)15-28/h8-11,16-17,19-20,36-37H,4-7,12-15H2,1-3H3,(H,31,35). The Morgan fingerprint density at radius 2 is 1.82 bits per heavy atom. The van der Waals surface area contributed by atoms with Crippen molar-refractivity contribution in [3.63, 3.8) is 0 Å². The van der Waals surface area contributed by atoms with Gasteiger partial charge in [-0.05, 0) is 60.9 Å². The van der Waals surface area contributed by atoms with Gasteiger partial charge in [0.05, 0.1) is 18.1 Å². The van der Waals surface area contributed by atoms with Crippen molar-refractivity contribution >= 4 is 27.3 Å². The molecule has 3 N–H and O–H groups in total. The molecule has 0 radical (unpaired) electrons. The van der Waals surface area contributed by atoms with E-state index >= 15 is 0 Å². The zero-order valence-corrected chi connectivity index (χ0v) is 23.4. The molecule has 208 valence electrons. The number of likely N-dealkylation sites (tertiary alicyclic amines) is 1. The van der Waals surface area contributed by atoms with Gasteiger partial charge in [0, 0.05) is 53.9 Å². The lowest BCUT2D eigenvalue weighted by Gasteiger charge is -2.65. The predicted octanol–water partition coefficient (Wildman–Crippen LogP) is 4.72. The zero-order chi connectivity index (χ0) is 27.1. The molecule has 3 aromatic heterocycles. The lowest BCUT2D eigenvalue weighted by Crippen LogP contribution is -2.68. The van der Waals surface area contributed by atoms with E-state index in [2.05, 4.69) is 45.9 Å². The van der Waals surface area contributed by atoms with Crippen LogP contribution in [-0.2, 0) is 0 Å². The number of H-pyrrole nitrogens is 1. The van der Waals surface area contributed by atoms with E-state index in [0.717, 1.165) is 60.9 Å². The monoisotopic (exact) mass is 552 g/mol. The van der Waals surface area contributed by atoms with E-state index in [1.807, 2.05) is 16.8 Å². The molecule has 0 bridgehead atoms. The fourth-order valence-corrected chi connectivity index (χ4v) is 9.59. The molecule has 1 aromatic carbocycles. The number of pyridine rings is 1. The lowest BCUT2D eigenvalue weighted by atomic mass is 9.79. The summed E-state index contributed by atoms with van der Waals surface area (Å²) in [5.74, 6) is 2.06. The van der Waals surface area contributed by atoms with Gasteiger partial charge in [0.25, 0.3) is 0 Å². The van der Waals surface area contributed by atoms with Gasteiger partial charge < -0.3 is 9.72 Å². The number of nitrogens with one attached hydrogen (secondary N) is 1. The number of aromatic amines is 1. The highest BCUT2D eigenvalue weighted by Crippen LogP contribution is 2.62. The van der Waals surface area contributed by atoms with E-state index in [1.54, 1.807) is 11.6 Å². The average Bonchev–Trinajstić information content (AvgIpc) is 3.47. The quantitative estimate of drug-likeness (QED) is 0.328. The molecule has 10 nitrogen and oxygen atoms in total. The van der Waals surface area contributed by atoms with Gasteiger partial charge in [-0.2, -0.15) is 15.7 Å². The van der Waals surface area contributed by atoms with Crippen molar-refractivity contribution in [3.8, 4) is 16.9 Å². The second kappa shape index (κ2) is 8.82. The van der Waals surface area contributed by atoms with Crippen LogP contribution in [-0.4, -0.2) is 75.9 Å². The molecule has 39 heavy (non-hydrogen) atoms. The summed E-state index contributed by atoms with van der Waals surface area (Å²) in [6, 6.07) is 6.96. The van der Waals surface area contributed by atoms with Crippen molar-refractivity contribution in [2.45, 2.75) is 57.5 Å². The molecule has 3 fully saturated rings. The maximum Gasteiger partial charge on any atom is 0.326 e. The van der Waals surface area contributed by atoms with Gasteiger partial charge in [0.1, 0.15) is 6.33 Å². The predicted molar refractivity (Wildman–Crippen MR) is 153 cm³/mol. The third-order valence-corrected chi connectivity index (χ3v) is 11.2. The Kier molecular flexibility index (Phi) is 5.68. The van der Waals surface area contributed by atoms with Crippen molar-refractivity contribution < 1.29 is 13.8 Å². The largest absolute Gasteiger partial charge is 0.493 e. The molecule has 1 spiro atoms. The summed E-state index contributed by atoms with van der Waals surface area (Å²) >= 11 is 0. The number of benzene rings is 1. The Bertz CT molecular complexity index is 1610. The fourth-order valence-electron chi connectivity index (χ4n) is 7.35. The summed E-state index contributed by atoms with van der Waals surface area (Å²) in [5.41, 5.74) is 5.75. The average molecular weight is 553 g/mol. The van der Waals surface area contributed by atoms with Crippen molar-refractivity contribution in [3.05, 3.63) is 46.8 Å². The van der Waals surface area contributed by atoms with Crippen molar-refractivity contribution in [1.29, 1.82) is 0 Å². The van der Waals surface area contributed by atoms with Crippen LogP contribution in [0.2, 0.25) is 0 Å². The topological polar surface area (TPSA) is 121 Å². The van der Waals surface area contributed by atoms with Crippen LogP contribution in [0.1, 0.15) is 57.1 Å². The van der Waals surface area contributed by atoms with E-state index in [0.29, 0.717) is 28.9 Å². The molecule has 0 unspecified atom stereocenters. The molecule has 3 aliphatic rings. The van der Waals surface area contributed by atoms with Gasteiger partial charge in [-0.1, -0.05) is 13.8 Å². The van der Waals surface area contributed by atoms with Crippen molar-refractivity contribution in [2.75, 3.05) is 31.7 Å². The molecule has 1 saturated carbocycles. The molecular weight excluding hydrogens is 516 g/mol. The van der Waals surface area contributed by atoms with Gasteiger partial charge in [0.2, 0.25) is 0 Å². The number of nitrogens with zero attached hydrogens (tertiary/aromatic N) is 5. The van der Waals surface area contributed by atoms with E-state index in [-0.39, 0.29) is 23.1 Å². The van der Waals surface area contributed by atoms with Crippen LogP contribution in [0.15, 0.2) is 35.5 Å². The minimum atomic E-state index is -2.29. The number of imidazole rings is 1. The summed E-state index contributed by atoms with van der Waals surface area (Å²) in [5, 5.41) is 4.32. The van der Waals surface area contributed by atoms with Crippen LogP contribution in [0.3, 0.4) is 0 Å². The number of fused-ring (bicyclic) bond motifs is 2. The Morgan fingerprint density at radius 1 is 1.10 bits per heavy atom. The van der Waals surface area contributed by atoms with Crippen molar-refractivity contribution in [1.82, 2.24) is 29.0 Å². The molecule has 1 aliphatic carbocycles. The van der Waals surface area contributed by atoms with Crippen LogP contribution in [0.4, 0.5) is 0 Å². The van der Waals surface area contributed by atoms with Crippen LogP contribution in [0, 0.1) is 5.41 Å². The summed E-state index contributed by atoms with van der Waals surface area (Å²) in [6.07, 6.45) is 7.53. The van der Waals surface area contributed by atoms with Crippen molar-refractivity contribution in [2.24, 2.45) is 5.41 Å². The smallest absolute Gasteiger partial charge is 0.326 e. The molecule has 5 heterocycles. The Balaban J connectivity index is 1.16. The molecular formula is C28H36N6O4S. The van der Waals surface area contributed by atoms with Crippen LogP contribution < -0.4 is 10.4 Å². The number of methoxy groups -OCH3 is 1. The molecule has 7 rings (SSSR count).